The van der Waals surface area contributed by atoms with E-state index in [4.69, 9.17) is 9.15 Å². The van der Waals surface area contributed by atoms with Gasteiger partial charge in [0.15, 0.2) is 0 Å². The van der Waals surface area contributed by atoms with Gasteiger partial charge in [-0.05, 0) is 37.9 Å². The second-order valence-corrected chi connectivity index (χ2v) is 5.11. The highest BCUT2D eigenvalue weighted by Gasteiger charge is 2.33. The zero-order valence-electron chi connectivity index (χ0n) is 11.5. The number of rotatable bonds is 7. The highest BCUT2D eigenvalue weighted by atomic mass is 16.5. The van der Waals surface area contributed by atoms with Crippen molar-refractivity contribution in [1.82, 2.24) is 5.32 Å². The summed E-state index contributed by atoms with van der Waals surface area (Å²) in [5, 5.41) is 3.67. The molecule has 18 heavy (non-hydrogen) atoms. The van der Waals surface area contributed by atoms with E-state index in [9.17, 15) is 0 Å². The monoisotopic (exact) mass is 251 g/mol. The number of ether oxygens (including phenoxy) is 1. The van der Waals surface area contributed by atoms with Crippen LogP contribution in [0.15, 0.2) is 22.8 Å². The molecule has 0 amide bonds. The molecule has 0 aromatic carbocycles. The SMILES string of the molecule is CCCNC(Cc1ccco1)C1CCOC1CC. The first kappa shape index (κ1) is 13.6. The Hall–Kier alpha value is -0.800. The summed E-state index contributed by atoms with van der Waals surface area (Å²) in [5.74, 6) is 1.69. The van der Waals surface area contributed by atoms with Crippen molar-refractivity contribution in [3.05, 3.63) is 24.2 Å². The van der Waals surface area contributed by atoms with E-state index in [1.807, 2.05) is 6.07 Å². The fourth-order valence-corrected chi connectivity index (χ4v) is 2.90. The van der Waals surface area contributed by atoms with Crippen molar-refractivity contribution in [1.29, 1.82) is 0 Å². The highest BCUT2D eigenvalue weighted by molar-refractivity contribution is 5.02. The number of hydrogen-bond acceptors (Lipinski definition) is 3. The molecular weight excluding hydrogens is 226 g/mol. The Morgan fingerprint density at radius 3 is 3.00 bits per heavy atom. The number of hydrogen-bond donors (Lipinski definition) is 1. The van der Waals surface area contributed by atoms with E-state index < -0.39 is 0 Å². The van der Waals surface area contributed by atoms with E-state index in [1.165, 1.54) is 12.8 Å². The third-order valence-corrected chi connectivity index (χ3v) is 3.84. The van der Waals surface area contributed by atoms with Crippen molar-refractivity contribution >= 4 is 0 Å². The van der Waals surface area contributed by atoms with Gasteiger partial charge in [0.1, 0.15) is 5.76 Å². The van der Waals surface area contributed by atoms with E-state index in [1.54, 1.807) is 6.26 Å². The Labute approximate surface area is 110 Å². The first-order chi connectivity index (χ1) is 8.85. The molecule has 2 heterocycles. The normalized spacial score (nSPS) is 25.4. The van der Waals surface area contributed by atoms with Crippen LogP contribution in [0.4, 0.5) is 0 Å². The van der Waals surface area contributed by atoms with Crippen LogP contribution in [-0.4, -0.2) is 25.3 Å². The minimum atomic E-state index is 0.411. The van der Waals surface area contributed by atoms with Gasteiger partial charge >= 0.3 is 0 Å². The maximum Gasteiger partial charge on any atom is 0.105 e. The molecule has 0 spiro atoms. The Kier molecular flexibility index (Phi) is 5.26. The number of furan rings is 1. The van der Waals surface area contributed by atoms with E-state index >= 15 is 0 Å². The Morgan fingerprint density at radius 1 is 1.44 bits per heavy atom. The maximum atomic E-state index is 5.82. The molecule has 1 N–H and O–H groups in total. The van der Waals surface area contributed by atoms with Crippen molar-refractivity contribution in [3.8, 4) is 0 Å². The van der Waals surface area contributed by atoms with Gasteiger partial charge in [-0.1, -0.05) is 13.8 Å². The molecule has 1 aromatic heterocycles. The summed E-state index contributed by atoms with van der Waals surface area (Å²) in [7, 11) is 0. The van der Waals surface area contributed by atoms with Gasteiger partial charge < -0.3 is 14.5 Å². The Bertz CT molecular complexity index is 323. The molecule has 3 unspecified atom stereocenters. The van der Waals surface area contributed by atoms with Gasteiger partial charge in [-0.15, -0.1) is 0 Å². The van der Waals surface area contributed by atoms with E-state index in [-0.39, 0.29) is 0 Å². The van der Waals surface area contributed by atoms with Crippen LogP contribution in [0.1, 0.15) is 38.9 Å². The van der Waals surface area contributed by atoms with E-state index in [0.717, 1.165) is 31.8 Å². The average Bonchev–Trinajstić information content (AvgIpc) is 3.04. The lowest BCUT2D eigenvalue weighted by Gasteiger charge is -2.27. The van der Waals surface area contributed by atoms with Crippen LogP contribution in [0.3, 0.4) is 0 Å². The maximum absolute atomic E-state index is 5.82. The lowest BCUT2D eigenvalue weighted by molar-refractivity contribution is 0.0769. The predicted molar refractivity (Wildman–Crippen MR) is 72.6 cm³/mol. The summed E-state index contributed by atoms with van der Waals surface area (Å²) < 4.78 is 11.3. The van der Waals surface area contributed by atoms with Gasteiger partial charge in [-0.2, -0.15) is 0 Å². The Morgan fingerprint density at radius 2 is 2.33 bits per heavy atom. The van der Waals surface area contributed by atoms with Crippen LogP contribution in [0, 0.1) is 5.92 Å². The van der Waals surface area contributed by atoms with Crippen LogP contribution >= 0.6 is 0 Å². The molecule has 0 saturated carbocycles. The van der Waals surface area contributed by atoms with Crippen molar-refractivity contribution in [2.24, 2.45) is 5.92 Å². The van der Waals surface area contributed by atoms with Crippen molar-refractivity contribution in [2.75, 3.05) is 13.2 Å². The summed E-state index contributed by atoms with van der Waals surface area (Å²) in [4.78, 5) is 0. The molecule has 0 radical (unpaired) electrons. The topological polar surface area (TPSA) is 34.4 Å². The molecule has 1 aromatic rings. The molecule has 0 bridgehead atoms. The average molecular weight is 251 g/mol. The van der Waals surface area contributed by atoms with Gasteiger partial charge in [0.2, 0.25) is 0 Å². The van der Waals surface area contributed by atoms with Gasteiger partial charge in [0, 0.05) is 25.0 Å². The van der Waals surface area contributed by atoms with Gasteiger partial charge in [-0.25, -0.2) is 0 Å². The van der Waals surface area contributed by atoms with E-state index in [0.29, 0.717) is 18.1 Å². The summed E-state index contributed by atoms with van der Waals surface area (Å²) in [6, 6.07) is 4.51. The lowest BCUT2D eigenvalue weighted by atomic mass is 9.88. The molecule has 1 aliphatic heterocycles. The largest absolute Gasteiger partial charge is 0.469 e. The zero-order chi connectivity index (χ0) is 12.8. The van der Waals surface area contributed by atoms with Gasteiger partial charge in [-0.3, -0.25) is 0 Å². The molecule has 0 aliphatic carbocycles. The molecule has 1 saturated heterocycles. The third kappa shape index (κ3) is 3.36. The van der Waals surface area contributed by atoms with Crippen LogP contribution in [0.2, 0.25) is 0 Å². The van der Waals surface area contributed by atoms with Crippen LogP contribution in [-0.2, 0) is 11.2 Å². The van der Waals surface area contributed by atoms with Crippen molar-refractivity contribution < 1.29 is 9.15 Å². The molecule has 3 atom stereocenters. The number of nitrogens with one attached hydrogen (secondary N) is 1. The van der Waals surface area contributed by atoms with Crippen LogP contribution < -0.4 is 5.32 Å². The van der Waals surface area contributed by atoms with Crippen molar-refractivity contribution in [3.63, 3.8) is 0 Å². The Balaban J connectivity index is 1.99. The minimum Gasteiger partial charge on any atom is -0.469 e. The first-order valence-electron chi connectivity index (χ1n) is 7.22. The van der Waals surface area contributed by atoms with E-state index in [2.05, 4.69) is 25.2 Å². The quantitative estimate of drug-likeness (QED) is 0.809. The molecule has 1 aliphatic rings. The fourth-order valence-electron chi connectivity index (χ4n) is 2.90. The highest BCUT2D eigenvalue weighted by Crippen LogP contribution is 2.28. The van der Waals surface area contributed by atoms with Crippen LogP contribution in [0.25, 0.3) is 0 Å². The molecule has 2 rings (SSSR count). The summed E-state index contributed by atoms with van der Waals surface area (Å²) in [6.07, 6.45) is 6.58. The lowest BCUT2D eigenvalue weighted by Crippen LogP contribution is -2.41. The molecular formula is C15H25NO2. The first-order valence-corrected chi connectivity index (χ1v) is 7.22. The second-order valence-electron chi connectivity index (χ2n) is 5.11. The molecule has 1 fully saturated rings. The minimum absolute atomic E-state index is 0.411. The third-order valence-electron chi connectivity index (χ3n) is 3.84. The standard InChI is InChI=1S/C15H25NO2/c1-3-8-16-14(11-12-6-5-9-17-12)13-7-10-18-15(13)4-2/h5-6,9,13-16H,3-4,7-8,10-11H2,1-2H3. The fraction of sp³-hybridized carbons (Fsp3) is 0.733. The smallest absolute Gasteiger partial charge is 0.105 e. The zero-order valence-corrected chi connectivity index (χ0v) is 11.5. The summed E-state index contributed by atoms with van der Waals surface area (Å²) in [6.45, 7) is 6.40. The van der Waals surface area contributed by atoms with Crippen molar-refractivity contribution in [2.45, 2.75) is 51.7 Å². The summed E-state index contributed by atoms with van der Waals surface area (Å²) >= 11 is 0. The second kappa shape index (κ2) is 6.95. The molecule has 3 heteroatoms. The summed E-state index contributed by atoms with van der Waals surface area (Å²) in [5.41, 5.74) is 0. The molecule has 3 nitrogen and oxygen atoms in total. The van der Waals surface area contributed by atoms with Gasteiger partial charge in [0.25, 0.3) is 0 Å². The van der Waals surface area contributed by atoms with Crippen LogP contribution in [0.5, 0.6) is 0 Å². The predicted octanol–water partition coefficient (Wildman–Crippen LogP) is 3.01. The molecule has 102 valence electrons. The van der Waals surface area contributed by atoms with Gasteiger partial charge in [0.05, 0.1) is 12.4 Å².